The Morgan fingerprint density at radius 3 is 2.62 bits per heavy atom. The molecule has 0 aliphatic heterocycles. The van der Waals surface area contributed by atoms with Crippen molar-refractivity contribution in [2.24, 2.45) is 5.73 Å². The molecule has 1 aromatic heterocycles. The topological polar surface area (TPSA) is 76.2 Å². The van der Waals surface area contributed by atoms with Gasteiger partial charge in [0.25, 0.3) is 0 Å². The van der Waals surface area contributed by atoms with Crippen molar-refractivity contribution in [2.45, 2.75) is 0 Å². The molecule has 0 aliphatic carbocycles. The second kappa shape index (κ2) is 5.50. The Hall–Kier alpha value is -2.36. The maximum absolute atomic E-state index is 9.25. The number of aromatic hydroxyl groups is 1. The number of amides is 1. The number of nitrogens with zero attached hydrogens (tertiary/aromatic N) is 1. The molecule has 4 heteroatoms. The van der Waals surface area contributed by atoms with Crippen molar-refractivity contribution < 1.29 is 9.90 Å². The third kappa shape index (κ3) is 2.81. The first-order valence-electron chi connectivity index (χ1n) is 4.58. The summed E-state index contributed by atoms with van der Waals surface area (Å²) in [4.78, 5) is 12.7. The first-order chi connectivity index (χ1) is 7.71. The van der Waals surface area contributed by atoms with E-state index in [4.69, 9.17) is 4.79 Å². The standard InChI is InChI=1S/C11H9NO.CH3NO/c1-2-10-5-9-6-11(13)4-3-8(9)7-12-10;2-1-3/h2-7,13H,1H2;1H,(H2,2,3). The van der Waals surface area contributed by atoms with Crippen LogP contribution < -0.4 is 5.73 Å². The molecule has 4 nitrogen and oxygen atoms in total. The number of aromatic nitrogens is 1. The minimum atomic E-state index is 0.250. The Balaban J connectivity index is 0.000000386. The van der Waals surface area contributed by atoms with Crippen LogP contribution in [-0.2, 0) is 4.79 Å². The molecule has 1 aromatic carbocycles. The summed E-state index contributed by atoms with van der Waals surface area (Å²) in [5.74, 6) is 0.272. The number of primary amides is 1. The van der Waals surface area contributed by atoms with Gasteiger partial charge in [-0.2, -0.15) is 0 Å². The predicted molar refractivity (Wildman–Crippen MR) is 63.8 cm³/mol. The Labute approximate surface area is 93.0 Å². The molecule has 2 rings (SSSR count). The van der Waals surface area contributed by atoms with Crippen LogP contribution in [-0.4, -0.2) is 16.5 Å². The van der Waals surface area contributed by atoms with Gasteiger partial charge in [-0.05, 0) is 35.7 Å². The summed E-state index contributed by atoms with van der Waals surface area (Å²) in [5.41, 5.74) is 4.98. The van der Waals surface area contributed by atoms with Crippen LogP contribution in [0.1, 0.15) is 5.69 Å². The molecule has 0 aliphatic rings. The molecule has 1 amide bonds. The van der Waals surface area contributed by atoms with E-state index in [0.717, 1.165) is 16.5 Å². The van der Waals surface area contributed by atoms with E-state index in [0.29, 0.717) is 0 Å². The van der Waals surface area contributed by atoms with Gasteiger partial charge in [0.2, 0.25) is 6.41 Å². The summed E-state index contributed by atoms with van der Waals surface area (Å²) in [6.07, 6.45) is 3.70. The highest BCUT2D eigenvalue weighted by atomic mass is 16.3. The number of nitrogens with two attached hydrogens (primary N) is 1. The molecule has 2 aromatic rings. The summed E-state index contributed by atoms with van der Waals surface area (Å²) in [7, 11) is 0. The number of carbonyl (C=O) groups is 1. The summed E-state index contributed by atoms with van der Waals surface area (Å²) >= 11 is 0. The SMILES string of the molecule is C=Cc1cc2cc(O)ccc2cn1.NC=O. The highest BCUT2D eigenvalue weighted by Crippen LogP contribution is 2.19. The minimum absolute atomic E-state index is 0.250. The lowest BCUT2D eigenvalue weighted by Crippen LogP contribution is -1.82. The summed E-state index contributed by atoms with van der Waals surface area (Å²) in [6, 6.07) is 7.09. The highest BCUT2D eigenvalue weighted by molar-refractivity contribution is 5.84. The Morgan fingerprint density at radius 1 is 1.31 bits per heavy atom. The normalized spacial score (nSPS) is 9.00. The molecule has 82 valence electrons. The van der Waals surface area contributed by atoms with Gasteiger partial charge in [-0.3, -0.25) is 9.78 Å². The van der Waals surface area contributed by atoms with Gasteiger partial charge >= 0.3 is 0 Å². The maximum Gasteiger partial charge on any atom is 0.204 e. The molecule has 1 heterocycles. The summed E-state index contributed by atoms with van der Waals surface area (Å²) < 4.78 is 0. The van der Waals surface area contributed by atoms with Crippen LogP contribution in [0.15, 0.2) is 37.0 Å². The van der Waals surface area contributed by atoms with Crippen molar-refractivity contribution in [3.8, 4) is 5.75 Å². The molecule has 0 saturated heterocycles. The smallest absolute Gasteiger partial charge is 0.204 e. The van der Waals surface area contributed by atoms with Gasteiger partial charge in [0.15, 0.2) is 0 Å². The van der Waals surface area contributed by atoms with Gasteiger partial charge in [-0.15, -0.1) is 0 Å². The molecule has 3 N–H and O–H groups in total. The fourth-order valence-corrected chi connectivity index (χ4v) is 1.26. The van der Waals surface area contributed by atoms with Crippen LogP contribution in [0.3, 0.4) is 0 Å². The summed E-state index contributed by atoms with van der Waals surface area (Å²) in [5, 5.41) is 11.2. The number of phenols is 1. The number of rotatable bonds is 1. The second-order valence-electron chi connectivity index (χ2n) is 2.98. The van der Waals surface area contributed by atoms with Gasteiger partial charge in [0.1, 0.15) is 5.75 Å². The van der Waals surface area contributed by atoms with E-state index in [1.165, 1.54) is 0 Å². The minimum Gasteiger partial charge on any atom is -0.508 e. The van der Waals surface area contributed by atoms with Gasteiger partial charge in [-0.25, -0.2) is 0 Å². The summed E-state index contributed by atoms with van der Waals surface area (Å²) in [6.45, 7) is 3.64. The van der Waals surface area contributed by atoms with E-state index in [1.807, 2.05) is 12.1 Å². The molecule has 16 heavy (non-hydrogen) atoms. The van der Waals surface area contributed by atoms with Crippen molar-refractivity contribution in [3.05, 3.63) is 42.7 Å². The predicted octanol–water partition coefficient (Wildman–Crippen LogP) is 1.68. The molecule has 0 saturated carbocycles. The van der Waals surface area contributed by atoms with Crippen molar-refractivity contribution in [1.82, 2.24) is 4.98 Å². The van der Waals surface area contributed by atoms with Gasteiger partial charge < -0.3 is 10.8 Å². The number of fused-ring (bicyclic) bond motifs is 1. The van der Waals surface area contributed by atoms with Crippen LogP contribution in [0.2, 0.25) is 0 Å². The molecule has 0 bridgehead atoms. The van der Waals surface area contributed by atoms with Crippen LogP contribution in [0.5, 0.6) is 5.75 Å². The van der Waals surface area contributed by atoms with Crippen molar-refractivity contribution >= 4 is 23.3 Å². The highest BCUT2D eigenvalue weighted by Gasteiger charge is 1.96. The Bertz CT molecular complexity index is 509. The van der Waals surface area contributed by atoms with Gasteiger partial charge in [-0.1, -0.05) is 6.58 Å². The fraction of sp³-hybridized carbons (Fsp3) is 0. The lowest BCUT2D eigenvalue weighted by Gasteiger charge is -1.99. The first kappa shape index (κ1) is 11.7. The Morgan fingerprint density at radius 2 is 2.00 bits per heavy atom. The molecule has 0 radical (unpaired) electrons. The number of benzene rings is 1. The first-order valence-corrected chi connectivity index (χ1v) is 4.58. The lowest BCUT2D eigenvalue weighted by molar-refractivity contribution is -0.106. The maximum atomic E-state index is 9.25. The average Bonchev–Trinajstić information content (AvgIpc) is 2.29. The second-order valence-corrected chi connectivity index (χ2v) is 2.98. The molecule has 0 fully saturated rings. The zero-order chi connectivity index (χ0) is 12.0. The quantitative estimate of drug-likeness (QED) is 0.712. The van der Waals surface area contributed by atoms with E-state index in [9.17, 15) is 5.11 Å². The molecule has 0 spiro atoms. The van der Waals surface area contributed by atoms with E-state index in [1.54, 1.807) is 24.4 Å². The number of hydrogen-bond acceptors (Lipinski definition) is 3. The van der Waals surface area contributed by atoms with Crippen LogP contribution in [0.25, 0.3) is 16.8 Å². The van der Waals surface area contributed by atoms with Crippen molar-refractivity contribution in [2.75, 3.05) is 0 Å². The number of hydrogen-bond donors (Lipinski definition) is 2. The van der Waals surface area contributed by atoms with Crippen LogP contribution in [0.4, 0.5) is 0 Å². The van der Waals surface area contributed by atoms with Crippen molar-refractivity contribution in [3.63, 3.8) is 0 Å². The molecular formula is C12H12N2O2. The van der Waals surface area contributed by atoms with E-state index in [-0.39, 0.29) is 12.2 Å². The monoisotopic (exact) mass is 216 g/mol. The largest absolute Gasteiger partial charge is 0.508 e. The van der Waals surface area contributed by atoms with E-state index < -0.39 is 0 Å². The third-order valence-corrected chi connectivity index (χ3v) is 1.94. The van der Waals surface area contributed by atoms with Crippen LogP contribution in [0, 0.1) is 0 Å². The number of pyridine rings is 1. The van der Waals surface area contributed by atoms with Crippen molar-refractivity contribution in [1.29, 1.82) is 0 Å². The van der Waals surface area contributed by atoms with Gasteiger partial charge in [0, 0.05) is 11.6 Å². The van der Waals surface area contributed by atoms with E-state index >= 15 is 0 Å². The lowest BCUT2D eigenvalue weighted by atomic mass is 10.1. The van der Waals surface area contributed by atoms with E-state index in [2.05, 4.69) is 17.3 Å². The number of phenolic OH excluding ortho intramolecular Hbond substituents is 1. The fourth-order valence-electron chi connectivity index (χ4n) is 1.26. The molecule has 0 atom stereocenters. The zero-order valence-corrected chi connectivity index (χ0v) is 8.63. The third-order valence-electron chi connectivity index (χ3n) is 1.94. The molecular weight excluding hydrogens is 204 g/mol. The van der Waals surface area contributed by atoms with Gasteiger partial charge in [0.05, 0.1) is 5.69 Å². The van der Waals surface area contributed by atoms with Crippen LogP contribution >= 0.6 is 0 Å². The molecule has 0 unspecified atom stereocenters. The Kier molecular flexibility index (Phi) is 4.03. The average molecular weight is 216 g/mol. The number of carbonyl (C=O) groups excluding carboxylic acids is 1. The zero-order valence-electron chi connectivity index (χ0n) is 8.63.